The van der Waals surface area contributed by atoms with Gasteiger partial charge in [0.1, 0.15) is 5.52 Å². The second-order valence-electron chi connectivity index (χ2n) is 4.66. The number of nitrogens with one attached hydrogen (secondary N) is 1. The summed E-state index contributed by atoms with van der Waals surface area (Å²) in [5.74, 6) is -0.241. The van der Waals surface area contributed by atoms with Gasteiger partial charge in [-0.15, -0.1) is 0 Å². The Morgan fingerprint density at radius 2 is 2.14 bits per heavy atom. The molecule has 0 saturated carbocycles. The van der Waals surface area contributed by atoms with Crippen LogP contribution in [0.3, 0.4) is 0 Å². The van der Waals surface area contributed by atoms with Gasteiger partial charge >= 0.3 is 0 Å². The van der Waals surface area contributed by atoms with E-state index in [0.717, 1.165) is 5.56 Å². The molecule has 0 fully saturated rings. The lowest BCUT2D eigenvalue weighted by atomic mass is 10.2. The first kappa shape index (κ1) is 14.6. The first-order valence-electron chi connectivity index (χ1n) is 6.51. The summed E-state index contributed by atoms with van der Waals surface area (Å²) in [7, 11) is 1.60. The zero-order chi connectivity index (χ0) is 15.7. The summed E-state index contributed by atoms with van der Waals surface area (Å²) < 4.78 is 27.5. The molecule has 1 aromatic carbocycles. The number of anilines is 1. The number of fused-ring (bicyclic) bond motifs is 1. The Kier molecular flexibility index (Phi) is 3.89. The molecular formula is C14H12ClF2N5. The maximum Gasteiger partial charge on any atom is 0.297 e. The van der Waals surface area contributed by atoms with Gasteiger partial charge in [-0.25, -0.2) is 23.7 Å². The molecule has 0 aliphatic carbocycles. The van der Waals surface area contributed by atoms with Crippen molar-refractivity contribution in [2.24, 2.45) is 0 Å². The van der Waals surface area contributed by atoms with E-state index in [4.69, 9.17) is 11.6 Å². The molecule has 8 heteroatoms. The molecule has 0 radical (unpaired) electrons. The Morgan fingerprint density at radius 3 is 2.82 bits per heavy atom. The van der Waals surface area contributed by atoms with Crippen LogP contribution in [-0.4, -0.2) is 26.6 Å². The van der Waals surface area contributed by atoms with E-state index >= 15 is 0 Å². The largest absolute Gasteiger partial charge is 0.371 e. The Morgan fingerprint density at radius 1 is 1.32 bits per heavy atom. The van der Waals surface area contributed by atoms with E-state index in [0.29, 0.717) is 22.7 Å². The van der Waals surface area contributed by atoms with Gasteiger partial charge in [0.15, 0.2) is 17.3 Å². The summed E-state index contributed by atoms with van der Waals surface area (Å²) in [6.07, 6.45) is -1.19. The number of hydrogen-bond acceptors (Lipinski definition) is 4. The van der Waals surface area contributed by atoms with Crippen molar-refractivity contribution in [2.75, 3.05) is 12.4 Å². The topological polar surface area (TPSA) is 55.6 Å². The molecule has 0 atom stereocenters. The van der Waals surface area contributed by atoms with Crippen LogP contribution in [0, 0.1) is 0 Å². The number of rotatable bonds is 4. The van der Waals surface area contributed by atoms with Crippen LogP contribution >= 0.6 is 11.6 Å². The van der Waals surface area contributed by atoms with E-state index in [2.05, 4.69) is 20.3 Å². The molecule has 0 saturated heterocycles. The third-order valence-corrected chi connectivity index (χ3v) is 3.39. The van der Waals surface area contributed by atoms with Crippen LogP contribution in [0.2, 0.25) is 5.02 Å². The number of hydrogen-bond donors (Lipinski definition) is 1. The van der Waals surface area contributed by atoms with Crippen LogP contribution in [0.4, 0.5) is 14.6 Å². The van der Waals surface area contributed by atoms with Gasteiger partial charge in [0.25, 0.3) is 6.43 Å². The van der Waals surface area contributed by atoms with Crippen LogP contribution in [0.25, 0.3) is 11.2 Å². The van der Waals surface area contributed by atoms with Gasteiger partial charge in [0.2, 0.25) is 0 Å². The zero-order valence-corrected chi connectivity index (χ0v) is 12.3. The van der Waals surface area contributed by atoms with E-state index < -0.39 is 12.2 Å². The molecule has 3 rings (SSSR count). The molecule has 3 aromatic rings. The van der Waals surface area contributed by atoms with Crippen molar-refractivity contribution in [3.63, 3.8) is 0 Å². The summed E-state index contributed by atoms with van der Waals surface area (Å²) in [5, 5.41) is 3.38. The van der Waals surface area contributed by atoms with E-state index in [1.54, 1.807) is 24.0 Å². The molecule has 2 aromatic heterocycles. The minimum atomic E-state index is -2.74. The van der Waals surface area contributed by atoms with Gasteiger partial charge in [-0.3, -0.25) is 0 Å². The first-order valence-corrected chi connectivity index (χ1v) is 6.89. The molecule has 2 heterocycles. The highest BCUT2D eigenvalue weighted by molar-refractivity contribution is 6.30. The fourth-order valence-electron chi connectivity index (χ4n) is 2.18. The molecule has 114 valence electrons. The molecule has 0 aliphatic heterocycles. The Labute approximate surface area is 130 Å². The predicted molar refractivity (Wildman–Crippen MR) is 80.4 cm³/mol. The van der Waals surface area contributed by atoms with E-state index in [1.807, 2.05) is 18.2 Å². The summed E-state index contributed by atoms with van der Waals surface area (Å²) in [5.41, 5.74) is 1.73. The summed E-state index contributed by atoms with van der Waals surface area (Å²) in [6.45, 7) is 0.430. The number of alkyl halides is 2. The predicted octanol–water partition coefficient (Wildman–Crippen LogP) is 3.51. The molecule has 0 aliphatic rings. The summed E-state index contributed by atoms with van der Waals surface area (Å²) >= 11 is 5.96. The zero-order valence-electron chi connectivity index (χ0n) is 11.6. The summed E-state index contributed by atoms with van der Waals surface area (Å²) in [4.78, 5) is 11.9. The fraction of sp³-hybridized carbons (Fsp3) is 0.214. The maximum atomic E-state index is 12.9. The summed E-state index contributed by atoms with van der Waals surface area (Å²) in [6, 6.07) is 7.30. The van der Waals surface area contributed by atoms with E-state index in [9.17, 15) is 8.78 Å². The van der Waals surface area contributed by atoms with Crippen molar-refractivity contribution >= 4 is 28.6 Å². The molecule has 0 amide bonds. The normalized spacial score (nSPS) is 11.3. The van der Waals surface area contributed by atoms with Crippen molar-refractivity contribution in [3.05, 3.63) is 47.0 Å². The second kappa shape index (κ2) is 5.84. The van der Waals surface area contributed by atoms with E-state index in [1.165, 1.54) is 0 Å². The fourth-order valence-corrected chi connectivity index (χ4v) is 2.39. The third-order valence-electron chi connectivity index (χ3n) is 3.16. The van der Waals surface area contributed by atoms with Crippen molar-refractivity contribution in [1.29, 1.82) is 0 Å². The number of nitrogens with zero attached hydrogens (tertiary/aromatic N) is 4. The average Bonchev–Trinajstić information content (AvgIpc) is 2.89. The van der Waals surface area contributed by atoms with Gasteiger partial charge in [-0.2, -0.15) is 0 Å². The SMILES string of the molecule is CNc1nc(C(F)F)nc2c1ncn2Cc1cccc(Cl)c1. The van der Waals surface area contributed by atoms with Gasteiger partial charge in [0, 0.05) is 12.1 Å². The van der Waals surface area contributed by atoms with Gasteiger partial charge in [-0.1, -0.05) is 23.7 Å². The molecule has 0 spiro atoms. The minimum absolute atomic E-state index is 0.283. The second-order valence-corrected chi connectivity index (χ2v) is 5.09. The minimum Gasteiger partial charge on any atom is -0.371 e. The van der Waals surface area contributed by atoms with Gasteiger partial charge in [0.05, 0.1) is 12.9 Å². The molecular weight excluding hydrogens is 312 g/mol. The quantitative estimate of drug-likeness (QED) is 0.798. The van der Waals surface area contributed by atoms with Crippen LogP contribution in [0.15, 0.2) is 30.6 Å². The van der Waals surface area contributed by atoms with Crippen molar-refractivity contribution in [1.82, 2.24) is 19.5 Å². The van der Waals surface area contributed by atoms with Crippen molar-refractivity contribution in [2.45, 2.75) is 13.0 Å². The van der Waals surface area contributed by atoms with Gasteiger partial charge in [-0.05, 0) is 17.7 Å². The molecule has 22 heavy (non-hydrogen) atoms. The number of halogens is 3. The molecule has 1 N–H and O–H groups in total. The molecule has 0 bridgehead atoms. The number of aromatic nitrogens is 4. The lowest BCUT2D eigenvalue weighted by molar-refractivity contribution is 0.141. The van der Waals surface area contributed by atoms with Crippen LogP contribution in [0.5, 0.6) is 0 Å². The average molecular weight is 324 g/mol. The van der Waals surface area contributed by atoms with E-state index in [-0.39, 0.29) is 5.82 Å². The maximum absolute atomic E-state index is 12.9. The van der Waals surface area contributed by atoms with Crippen LogP contribution < -0.4 is 5.32 Å². The molecule has 5 nitrogen and oxygen atoms in total. The highest BCUT2D eigenvalue weighted by Gasteiger charge is 2.18. The Bertz CT molecular complexity index is 818. The smallest absolute Gasteiger partial charge is 0.297 e. The lowest BCUT2D eigenvalue weighted by Gasteiger charge is -2.07. The Hall–Kier alpha value is -2.28. The van der Waals surface area contributed by atoms with Crippen LogP contribution in [-0.2, 0) is 6.54 Å². The standard InChI is InChI=1S/C14H12ClF2N5/c1-18-12-10-14(21-13(20-12)11(16)17)22(7-19-10)6-8-3-2-4-9(15)5-8/h2-5,7,11H,6H2,1H3,(H,18,20,21). The highest BCUT2D eigenvalue weighted by Crippen LogP contribution is 2.24. The molecule has 0 unspecified atom stereocenters. The monoisotopic (exact) mass is 323 g/mol. The van der Waals surface area contributed by atoms with Crippen molar-refractivity contribution in [3.8, 4) is 0 Å². The van der Waals surface area contributed by atoms with Crippen LogP contribution in [0.1, 0.15) is 17.8 Å². The Balaban J connectivity index is 2.08. The lowest BCUT2D eigenvalue weighted by Crippen LogP contribution is -2.05. The third kappa shape index (κ3) is 2.71. The highest BCUT2D eigenvalue weighted by atomic mass is 35.5. The van der Waals surface area contributed by atoms with Gasteiger partial charge < -0.3 is 9.88 Å². The number of imidazole rings is 1. The van der Waals surface area contributed by atoms with Crippen molar-refractivity contribution < 1.29 is 8.78 Å². The first-order chi connectivity index (χ1) is 10.6. The number of benzene rings is 1.